The number of amides is 1. The molecule has 6 nitrogen and oxygen atoms in total. The monoisotopic (exact) mass is 390 g/mol. The molecule has 3 aromatic rings. The highest BCUT2D eigenvalue weighted by Gasteiger charge is 2.24. The first kappa shape index (κ1) is 18.8. The van der Waals surface area contributed by atoms with Crippen molar-refractivity contribution in [3.63, 3.8) is 0 Å². The van der Waals surface area contributed by atoms with E-state index in [2.05, 4.69) is 5.32 Å². The Balaban J connectivity index is 1.62. The fraction of sp³-hybridized carbons (Fsp3) is 0.174. The Labute approximate surface area is 169 Å². The lowest BCUT2D eigenvalue weighted by atomic mass is 10.0. The molecule has 1 aliphatic rings. The van der Waals surface area contributed by atoms with Crippen molar-refractivity contribution < 1.29 is 19.1 Å². The minimum absolute atomic E-state index is 0.129. The van der Waals surface area contributed by atoms with Crippen molar-refractivity contribution in [2.24, 2.45) is 0 Å². The van der Waals surface area contributed by atoms with Crippen molar-refractivity contribution in [2.75, 3.05) is 19.0 Å². The third kappa shape index (κ3) is 4.17. The van der Waals surface area contributed by atoms with E-state index in [1.165, 1.54) is 0 Å². The summed E-state index contributed by atoms with van der Waals surface area (Å²) in [7, 11) is 1.60. The van der Waals surface area contributed by atoms with E-state index < -0.39 is 6.23 Å². The summed E-state index contributed by atoms with van der Waals surface area (Å²) < 4.78 is 10.7. The second kappa shape index (κ2) is 8.24. The lowest BCUT2D eigenvalue weighted by molar-refractivity contribution is 0.0738. The predicted octanol–water partition coefficient (Wildman–Crippen LogP) is 3.76. The van der Waals surface area contributed by atoms with Crippen molar-refractivity contribution >= 4 is 17.7 Å². The largest absolute Gasteiger partial charge is 0.497 e. The van der Waals surface area contributed by atoms with E-state index >= 15 is 0 Å². The Hall–Kier alpha value is -3.51. The van der Waals surface area contributed by atoms with Gasteiger partial charge in [-0.15, -0.1) is 0 Å². The van der Waals surface area contributed by atoms with Crippen molar-refractivity contribution in [2.45, 2.75) is 12.8 Å². The second-order valence-electron chi connectivity index (χ2n) is 6.83. The number of ether oxygens (including phenoxy) is 1. The number of benzene rings is 2. The van der Waals surface area contributed by atoms with Crippen LogP contribution in [0, 0.1) is 0 Å². The Morgan fingerprint density at radius 1 is 1.14 bits per heavy atom. The minimum atomic E-state index is -0.905. The predicted molar refractivity (Wildman–Crippen MR) is 110 cm³/mol. The van der Waals surface area contributed by atoms with Gasteiger partial charge in [-0.1, -0.05) is 18.2 Å². The minimum Gasteiger partial charge on any atom is -0.497 e. The van der Waals surface area contributed by atoms with Crippen LogP contribution >= 0.6 is 0 Å². The summed E-state index contributed by atoms with van der Waals surface area (Å²) in [6.45, 7) is 0.564. The molecule has 1 aliphatic heterocycles. The van der Waals surface area contributed by atoms with Crippen LogP contribution in [0.3, 0.4) is 0 Å². The molecule has 0 radical (unpaired) electrons. The van der Waals surface area contributed by atoms with E-state index in [0.717, 1.165) is 11.3 Å². The summed E-state index contributed by atoms with van der Waals surface area (Å²) in [5.41, 5.74) is 2.99. The van der Waals surface area contributed by atoms with Crippen LogP contribution in [0.2, 0.25) is 0 Å². The number of rotatable bonds is 6. The Morgan fingerprint density at radius 2 is 1.97 bits per heavy atom. The van der Waals surface area contributed by atoms with Crippen molar-refractivity contribution in [1.82, 2.24) is 4.90 Å². The highest BCUT2D eigenvalue weighted by Crippen LogP contribution is 2.30. The lowest BCUT2D eigenvalue weighted by Crippen LogP contribution is -2.37. The van der Waals surface area contributed by atoms with Crippen molar-refractivity contribution in [3.8, 4) is 5.75 Å². The van der Waals surface area contributed by atoms with Gasteiger partial charge in [-0.2, -0.15) is 0 Å². The molecule has 0 fully saturated rings. The third-order valence-electron chi connectivity index (χ3n) is 4.85. The molecule has 0 spiro atoms. The maximum absolute atomic E-state index is 13.1. The molecule has 0 saturated carbocycles. The third-order valence-corrected chi connectivity index (χ3v) is 4.85. The van der Waals surface area contributed by atoms with Crippen LogP contribution in [0.4, 0.5) is 5.69 Å². The number of anilines is 1. The van der Waals surface area contributed by atoms with Gasteiger partial charge in [0, 0.05) is 23.9 Å². The maximum Gasteiger partial charge on any atom is 0.254 e. The normalized spacial score (nSPS) is 15.1. The summed E-state index contributed by atoms with van der Waals surface area (Å²) in [4.78, 5) is 14.8. The number of hydrogen-bond acceptors (Lipinski definition) is 5. The number of furan rings is 1. The maximum atomic E-state index is 13.1. The van der Waals surface area contributed by atoms with Crippen LogP contribution in [-0.2, 0) is 6.54 Å². The molecule has 2 aromatic carbocycles. The zero-order valence-electron chi connectivity index (χ0n) is 16.0. The van der Waals surface area contributed by atoms with Crippen LogP contribution in [-0.4, -0.2) is 35.8 Å². The molecule has 148 valence electrons. The molecule has 1 aromatic heterocycles. The highest BCUT2D eigenvalue weighted by molar-refractivity contribution is 5.94. The number of aliphatic hydroxyl groups is 1. The van der Waals surface area contributed by atoms with Crippen LogP contribution in [0.25, 0.3) is 6.08 Å². The van der Waals surface area contributed by atoms with Crippen molar-refractivity contribution in [3.05, 3.63) is 89.4 Å². The summed E-state index contributed by atoms with van der Waals surface area (Å²) in [5.74, 6) is 1.26. The molecule has 2 heterocycles. The van der Waals surface area contributed by atoms with Gasteiger partial charge in [0.15, 0.2) is 0 Å². The molecule has 1 atom stereocenters. The Kier molecular flexibility index (Phi) is 5.35. The highest BCUT2D eigenvalue weighted by atomic mass is 16.5. The molecule has 4 rings (SSSR count). The smallest absolute Gasteiger partial charge is 0.254 e. The van der Waals surface area contributed by atoms with Gasteiger partial charge in [0.05, 0.1) is 19.9 Å². The average Bonchev–Trinajstić information content (AvgIpc) is 3.26. The lowest BCUT2D eigenvalue weighted by Gasteiger charge is -2.29. The quantitative estimate of drug-likeness (QED) is 0.670. The zero-order chi connectivity index (χ0) is 20.2. The molecule has 29 heavy (non-hydrogen) atoms. The van der Waals surface area contributed by atoms with E-state index in [4.69, 9.17) is 9.15 Å². The molecular formula is C23H22N2O4. The number of carbonyl (C=O) groups excluding carboxylic acids is 1. The van der Waals surface area contributed by atoms with E-state index in [0.29, 0.717) is 29.2 Å². The van der Waals surface area contributed by atoms with Gasteiger partial charge in [0.25, 0.3) is 5.91 Å². The number of hydrogen-bond donors (Lipinski definition) is 2. The zero-order valence-corrected chi connectivity index (χ0v) is 16.0. The molecule has 0 aliphatic carbocycles. The molecule has 2 N–H and O–H groups in total. The molecule has 0 bridgehead atoms. The fourth-order valence-electron chi connectivity index (χ4n) is 3.34. The van der Waals surface area contributed by atoms with Gasteiger partial charge in [0.2, 0.25) is 0 Å². The van der Waals surface area contributed by atoms with Gasteiger partial charge >= 0.3 is 0 Å². The number of methoxy groups -OCH3 is 1. The average molecular weight is 390 g/mol. The first-order valence-corrected chi connectivity index (χ1v) is 9.34. The van der Waals surface area contributed by atoms with E-state index in [-0.39, 0.29) is 12.5 Å². The number of carbonyl (C=O) groups is 1. The fourth-order valence-corrected chi connectivity index (χ4v) is 3.34. The Bertz CT molecular complexity index is 1010. The SMILES string of the molecule is COc1ccc2c(c1)NC(O)C(CN(Cc1ccco1)C(=O)c1ccccc1)=C2. The van der Waals surface area contributed by atoms with Gasteiger partial charge in [-0.05, 0) is 53.6 Å². The first-order valence-electron chi connectivity index (χ1n) is 9.34. The topological polar surface area (TPSA) is 74.9 Å². The molecule has 0 saturated heterocycles. The first-order chi connectivity index (χ1) is 14.1. The Morgan fingerprint density at radius 3 is 2.69 bits per heavy atom. The molecule has 1 amide bonds. The number of fused-ring (bicyclic) bond motifs is 1. The summed E-state index contributed by atoms with van der Waals surface area (Å²) >= 11 is 0. The second-order valence-corrected chi connectivity index (χ2v) is 6.83. The van der Waals surface area contributed by atoms with E-state index in [1.54, 1.807) is 36.5 Å². The van der Waals surface area contributed by atoms with Crippen LogP contribution < -0.4 is 10.1 Å². The summed E-state index contributed by atoms with van der Waals surface area (Å²) in [6.07, 6.45) is 2.58. The number of nitrogens with zero attached hydrogens (tertiary/aromatic N) is 1. The van der Waals surface area contributed by atoms with Crippen LogP contribution in [0.1, 0.15) is 21.7 Å². The van der Waals surface area contributed by atoms with Gasteiger partial charge < -0.3 is 24.5 Å². The van der Waals surface area contributed by atoms with Crippen LogP contribution in [0.15, 0.2) is 76.9 Å². The number of nitrogens with one attached hydrogen (secondary N) is 1. The summed E-state index contributed by atoms with van der Waals surface area (Å²) in [5, 5.41) is 13.7. The summed E-state index contributed by atoms with van der Waals surface area (Å²) in [6, 6.07) is 18.3. The van der Waals surface area contributed by atoms with Crippen LogP contribution in [0.5, 0.6) is 5.75 Å². The number of aliphatic hydroxyl groups excluding tert-OH is 1. The van der Waals surface area contributed by atoms with Gasteiger partial charge in [-0.25, -0.2) is 0 Å². The molecule has 1 unspecified atom stereocenters. The van der Waals surface area contributed by atoms with Gasteiger partial charge in [0.1, 0.15) is 17.7 Å². The van der Waals surface area contributed by atoms with E-state index in [9.17, 15) is 9.90 Å². The van der Waals surface area contributed by atoms with Crippen molar-refractivity contribution in [1.29, 1.82) is 0 Å². The van der Waals surface area contributed by atoms with Gasteiger partial charge in [-0.3, -0.25) is 4.79 Å². The molecular weight excluding hydrogens is 368 g/mol. The van der Waals surface area contributed by atoms with E-state index in [1.807, 2.05) is 48.5 Å². The molecule has 6 heteroatoms. The standard InChI is InChI=1S/C23H22N2O4/c1-28-19-10-9-17-12-18(22(26)24-21(17)13-19)14-25(15-20-8-5-11-29-20)23(27)16-6-3-2-4-7-16/h2-13,22,24,26H,14-15H2,1H3.